The number of phenols is 1. The average molecular weight is 180 g/mol. The summed E-state index contributed by atoms with van der Waals surface area (Å²) in [5.41, 5.74) is 1.75. The molecule has 0 spiro atoms. The largest absolute Gasteiger partial charge is 0.507 e. The average Bonchev–Trinajstić information content (AvgIpc) is 2.13. The van der Waals surface area contributed by atoms with Gasteiger partial charge in [0.1, 0.15) is 11.5 Å². The van der Waals surface area contributed by atoms with E-state index in [1.165, 1.54) is 7.11 Å². The molecule has 0 radical (unpaired) electrons. The zero-order valence-corrected chi connectivity index (χ0v) is 7.92. The molecule has 0 aliphatic carbocycles. The van der Waals surface area contributed by atoms with Gasteiger partial charge in [-0.05, 0) is 25.5 Å². The number of benzene rings is 1. The summed E-state index contributed by atoms with van der Waals surface area (Å²) < 4.78 is 5.01. The highest BCUT2D eigenvalue weighted by molar-refractivity contribution is 5.81. The van der Waals surface area contributed by atoms with Crippen molar-refractivity contribution in [3.63, 3.8) is 0 Å². The normalized spacial score (nSPS) is 9.77. The number of rotatable bonds is 2. The van der Waals surface area contributed by atoms with Crippen LogP contribution in [0, 0.1) is 13.8 Å². The van der Waals surface area contributed by atoms with Crippen LogP contribution in [0.25, 0.3) is 0 Å². The Bertz CT molecular complexity index is 343. The molecule has 0 atom stereocenters. The minimum atomic E-state index is 0.183. The van der Waals surface area contributed by atoms with E-state index in [0.717, 1.165) is 6.29 Å². The van der Waals surface area contributed by atoms with Crippen LogP contribution in [0.1, 0.15) is 21.5 Å². The van der Waals surface area contributed by atoms with Crippen LogP contribution in [0.15, 0.2) is 6.07 Å². The van der Waals surface area contributed by atoms with Crippen LogP contribution in [-0.2, 0) is 0 Å². The number of methoxy groups -OCH3 is 1. The Balaban J connectivity index is 3.47. The van der Waals surface area contributed by atoms with E-state index >= 15 is 0 Å². The minimum absolute atomic E-state index is 0.183. The SMILES string of the molecule is COc1c(C=O)cc(C)c(O)c1C. The van der Waals surface area contributed by atoms with E-state index < -0.39 is 0 Å². The molecule has 3 heteroatoms. The van der Waals surface area contributed by atoms with Gasteiger partial charge in [-0.3, -0.25) is 4.79 Å². The number of carbonyl (C=O) groups excluding carboxylic acids is 1. The fourth-order valence-corrected chi connectivity index (χ4v) is 1.35. The molecule has 0 heterocycles. The lowest BCUT2D eigenvalue weighted by Crippen LogP contribution is -1.95. The fraction of sp³-hybridized carbons (Fsp3) is 0.300. The molecule has 0 aromatic heterocycles. The zero-order valence-electron chi connectivity index (χ0n) is 7.92. The van der Waals surface area contributed by atoms with Crippen molar-refractivity contribution in [2.75, 3.05) is 7.11 Å². The maximum absolute atomic E-state index is 10.6. The smallest absolute Gasteiger partial charge is 0.153 e. The van der Waals surface area contributed by atoms with Gasteiger partial charge in [-0.15, -0.1) is 0 Å². The second-order valence-electron chi connectivity index (χ2n) is 2.91. The molecule has 1 aromatic carbocycles. The summed E-state index contributed by atoms with van der Waals surface area (Å²) in [7, 11) is 1.48. The Morgan fingerprint density at radius 3 is 2.54 bits per heavy atom. The lowest BCUT2D eigenvalue weighted by atomic mass is 10.0. The third-order valence-corrected chi connectivity index (χ3v) is 2.03. The van der Waals surface area contributed by atoms with Gasteiger partial charge in [0.2, 0.25) is 0 Å². The van der Waals surface area contributed by atoms with Crippen LogP contribution in [0.4, 0.5) is 0 Å². The first-order chi connectivity index (χ1) is 6.11. The molecule has 0 aliphatic rings. The number of aromatic hydroxyl groups is 1. The van der Waals surface area contributed by atoms with Gasteiger partial charge in [0.25, 0.3) is 0 Å². The van der Waals surface area contributed by atoms with Crippen LogP contribution in [0.5, 0.6) is 11.5 Å². The topological polar surface area (TPSA) is 46.5 Å². The van der Waals surface area contributed by atoms with Crippen LogP contribution >= 0.6 is 0 Å². The van der Waals surface area contributed by atoms with E-state index in [4.69, 9.17) is 4.74 Å². The molecule has 3 nitrogen and oxygen atoms in total. The molecular formula is C10H12O3. The number of carbonyl (C=O) groups is 1. The molecule has 0 amide bonds. The number of aryl methyl sites for hydroxylation is 1. The van der Waals surface area contributed by atoms with Crippen LogP contribution in [0.3, 0.4) is 0 Å². The van der Waals surface area contributed by atoms with Crippen LogP contribution in [-0.4, -0.2) is 18.5 Å². The first-order valence-electron chi connectivity index (χ1n) is 3.94. The molecule has 1 aromatic rings. The van der Waals surface area contributed by atoms with E-state index in [2.05, 4.69) is 0 Å². The number of phenolic OH excluding ortho intramolecular Hbond substituents is 1. The van der Waals surface area contributed by atoms with Crippen molar-refractivity contribution < 1.29 is 14.6 Å². The lowest BCUT2D eigenvalue weighted by molar-refractivity contribution is 0.112. The van der Waals surface area contributed by atoms with Gasteiger partial charge in [-0.25, -0.2) is 0 Å². The summed E-state index contributed by atoms with van der Waals surface area (Å²) in [6.45, 7) is 3.46. The summed E-state index contributed by atoms with van der Waals surface area (Å²) in [5, 5.41) is 9.54. The van der Waals surface area contributed by atoms with Gasteiger partial charge in [0, 0.05) is 5.56 Å². The molecule has 70 valence electrons. The Morgan fingerprint density at radius 1 is 1.46 bits per heavy atom. The summed E-state index contributed by atoms with van der Waals surface area (Å²) in [5.74, 6) is 0.626. The quantitative estimate of drug-likeness (QED) is 0.706. The van der Waals surface area contributed by atoms with Crippen molar-refractivity contribution in [2.24, 2.45) is 0 Å². The maximum atomic E-state index is 10.6. The first-order valence-corrected chi connectivity index (χ1v) is 3.94. The summed E-state index contributed by atoms with van der Waals surface area (Å²) in [6.07, 6.45) is 0.721. The predicted molar refractivity (Wildman–Crippen MR) is 49.5 cm³/mol. The van der Waals surface area contributed by atoms with Crippen LogP contribution in [0.2, 0.25) is 0 Å². The molecule has 0 aliphatic heterocycles. The number of aldehydes is 1. The number of ether oxygens (including phenoxy) is 1. The van der Waals surface area contributed by atoms with Crippen molar-refractivity contribution in [2.45, 2.75) is 13.8 Å². The Labute approximate surface area is 77.0 Å². The highest BCUT2D eigenvalue weighted by Crippen LogP contribution is 2.32. The fourth-order valence-electron chi connectivity index (χ4n) is 1.35. The summed E-state index contributed by atoms with van der Waals surface area (Å²) in [4.78, 5) is 10.6. The highest BCUT2D eigenvalue weighted by atomic mass is 16.5. The van der Waals surface area contributed by atoms with E-state index in [0.29, 0.717) is 22.4 Å². The molecule has 0 fully saturated rings. The van der Waals surface area contributed by atoms with Gasteiger partial charge < -0.3 is 9.84 Å². The lowest BCUT2D eigenvalue weighted by Gasteiger charge is -2.10. The maximum Gasteiger partial charge on any atom is 0.153 e. The van der Waals surface area contributed by atoms with Gasteiger partial charge in [-0.1, -0.05) is 0 Å². The Hall–Kier alpha value is -1.51. The second kappa shape index (κ2) is 3.47. The highest BCUT2D eigenvalue weighted by Gasteiger charge is 2.11. The third-order valence-electron chi connectivity index (χ3n) is 2.03. The van der Waals surface area contributed by atoms with E-state index in [-0.39, 0.29) is 5.75 Å². The zero-order chi connectivity index (χ0) is 10.0. The van der Waals surface area contributed by atoms with Crippen molar-refractivity contribution in [1.82, 2.24) is 0 Å². The van der Waals surface area contributed by atoms with E-state index in [1.807, 2.05) is 0 Å². The van der Waals surface area contributed by atoms with Crippen molar-refractivity contribution >= 4 is 6.29 Å². The molecule has 1 rings (SSSR count). The molecule has 0 bridgehead atoms. The predicted octanol–water partition coefficient (Wildman–Crippen LogP) is 1.83. The monoisotopic (exact) mass is 180 g/mol. The van der Waals surface area contributed by atoms with E-state index in [1.54, 1.807) is 19.9 Å². The molecular weight excluding hydrogens is 168 g/mol. The summed E-state index contributed by atoms with van der Waals surface area (Å²) in [6, 6.07) is 1.61. The van der Waals surface area contributed by atoms with Crippen LogP contribution < -0.4 is 4.74 Å². The molecule has 0 unspecified atom stereocenters. The van der Waals surface area contributed by atoms with Crippen molar-refractivity contribution in [3.8, 4) is 11.5 Å². The first kappa shape index (κ1) is 9.58. The van der Waals surface area contributed by atoms with Gasteiger partial charge in [-0.2, -0.15) is 0 Å². The van der Waals surface area contributed by atoms with E-state index in [9.17, 15) is 9.90 Å². The second-order valence-corrected chi connectivity index (χ2v) is 2.91. The molecule has 0 saturated heterocycles. The Morgan fingerprint density at radius 2 is 2.08 bits per heavy atom. The standard InChI is InChI=1S/C10H12O3/c1-6-4-8(5-11)10(13-3)7(2)9(6)12/h4-5,12H,1-3H3. The van der Waals surface area contributed by atoms with Gasteiger partial charge in [0.05, 0.1) is 12.7 Å². The summed E-state index contributed by atoms with van der Waals surface area (Å²) >= 11 is 0. The van der Waals surface area contributed by atoms with Crippen molar-refractivity contribution in [3.05, 3.63) is 22.8 Å². The van der Waals surface area contributed by atoms with Gasteiger partial charge >= 0.3 is 0 Å². The third kappa shape index (κ3) is 1.49. The van der Waals surface area contributed by atoms with Gasteiger partial charge in [0.15, 0.2) is 6.29 Å². The molecule has 13 heavy (non-hydrogen) atoms. The number of hydrogen-bond acceptors (Lipinski definition) is 3. The Kier molecular flexibility index (Phi) is 2.56. The minimum Gasteiger partial charge on any atom is -0.507 e. The molecule has 0 saturated carbocycles. The van der Waals surface area contributed by atoms with Crippen molar-refractivity contribution in [1.29, 1.82) is 0 Å². The molecule has 1 N–H and O–H groups in total. The number of hydrogen-bond donors (Lipinski definition) is 1.